The van der Waals surface area contributed by atoms with Gasteiger partial charge >= 0.3 is 12.0 Å². The van der Waals surface area contributed by atoms with Gasteiger partial charge < -0.3 is 15.3 Å². The fraction of sp³-hybridized carbons (Fsp3) is 0.750. The van der Waals surface area contributed by atoms with Gasteiger partial charge in [-0.2, -0.15) is 0 Å². The summed E-state index contributed by atoms with van der Waals surface area (Å²) < 4.78 is 0. The molecule has 1 aliphatic rings. The van der Waals surface area contributed by atoms with Crippen LogP contribution in [0.3, 0.4) is 0 Å². The number of aliphatic carboxylic acids is 1. The highest BCUT2D eigenvalue weighted by molar-refractivity contribution is 5.85. The molecular formula is C8H14N2O3. The summed E-state index contributed by atoms with van der Waals surface area (Å²) in [6.45, 7) is 4.19. The van der Waals surface area contributed by atoms with Crippen molar-refractivity contribution in [3.8, 4) is 0 Å². The zero-order valence-corrected chi connectivity index (χ0v) is 7.83. The van der Waals surface area contributed by atoms with Crippen LogP contribution in [0.25, 0.3) is 0 Å². The summed E-state index contributed by atoms with van der Waals surface area (Å²) in [4.78, 5) is 23.5. The van der Waals surface area contributed by atoms with Crippen molar-refractivity contribution in [2.75, 3.05) is 13.1 Å². The largest absolute Gasteiger partial charge is 0.480 e. The minimum Gasteiger partial charge on any atom is -0.480 e. The molecule has 74 valence electrons. The first-order valence-corrected chi connectivity index (χ1v) is 4.25. The Hall–Kier alpha value is -1.26. The first-order chi connectivity index (χ1) is 5.96. The van der Waals surface area contributed by atoms with E-state index in [1.165, 1.54) is 18.7 Å². The van der Waals surface area contributed by atoms with Gasteiger partial charge in [-0.15, -0.1) is 0 Å². The molecule has 0 aromatic carbocycles. The Morgan fingerprint density at radius 1 is 1.62 bits per heavy atom. The molecule has 5 nitrogen and oxygen atoms in total. The van der Waals surface area contributed by atoms with E-state index in [2.05, 4.69) is 5.32 Å². The van der Waals surface area contributed by atoms with Gasteiger partial charge in [0.25, 0.3) is 0 Å². The van der Waals surface area contributed by atoms with Crippen LogP contribution in [0, 0.1) is 0 Å². The predicted molar refractivity (Wildman–Crippen MR) is 46.4 cm³/mol. The second-order valence-electron chi connectivity index (χ2n) is 3.60. The number of urea groups is 1. The van der Waals surface area contributed by atoms with Crippen LogP contribution in [0.15, 0.2) is 0 Å². The maximum absolute atomic E-state index is 11.3. The van der Waals surface area contributed by atoms with Gasteiger partial charge in [0.15, 0.2) is 0 Å². The monoisotopic (exact) mass is 186 g/mol. The topological polar surface area (TPSA) is 69.6 Å². The van der Waals surface area contributed by atoms with Gasteiger partial charge in [0.1, 0.15) is 5.54 Å². The molecule has 1 rings (SSSR count). The Kier molecular flexibility index (Phi) is 2.45. The van der Waals surface area contributed by atoms with Crippen molar-refractivity contribution in [3.05, 3.63) is 0 Å². The molecule has 1 fully saturated rings. The Morgan fingerprint density at radius 3 is 2.69 bits per heavy atom. The normalized spacial score (nSPS) is 18.3. The SMILES string of the molecule is CC(C)(C(=O)O)N1CCCNC1=O. The molecule has 0 saturated carbocycles. The van der Waals surface area contributed by atoms with Crippen molar-refractivity contribution in [2.24, 2.45) is 0 Å². The van der Waals surface area contributed by atoms with Gasteiger partial charge in [0, 0.05) is 13.1 Å². The Bertz CT molecular complexity index is 238. The van der Waals surface area contributed by atoms with E-state index in [9.17, 15) is 9.59 Å². The predicted octanol–water partition coefficient (Wildman–Crippen LogP) is 0.265. The number of amides is 2. The maximum atomic E-state index is 11.3. The number of nitrogens with one attached hydrogen (secondary N) is 1. The summed E-state index contributed by atoms with van der Waals surface area (Å²) in [5.41, 5.74) is -1.12. The molecule has 1 aliphatic heterocycles. The molecule has 5 heteroatoms. The van der Waals surface area contributed by atoms with Gasteiger partial charge in [-0.05, 0) is 20.3 Å². The summed E-state index contributed by atoms with van der Waals surface area (Å²) in [7, 11) is 0. The number of carboxylic acid groups (broad SMARTS) is 1. The van der Waals surface area contributed by atoms with E-state index in [0.717, 1.165) is 6.42 Å². The highest BCUT2D eigenvalue weighted by Gasteiger charge is 2.38. The lowest BCUT2D eigenvalue weighted by Crippen LogP contribution is -2.59. The van der Waals surface area contributed by atoms with Gasteiger partial charge in [-0.3, -0.25) is 0 Å². The van der Waals surface area contributed by atoms with Crippen LogP contribution >= 0.6 is 0 Å². The molecule has 1 saturated heterocycles. The Morgan fingerprint density at radius 2 is 2.23 bits per heavy atom. The van der Waals surface area contributed by atoms with Gasteiger partial charge in [0.2, 0.25) is 0 Å². The third-order valence-electron chi connectivity index (χ3n) is 2.28. The average Bonchev–Trinajstić information content (AvgIpc) is 2.04. The van der Waals surface area contributed by atoms with E-state index in [1.54, 1.807) is 0 Å². The van der Waals surface area contributed by atoms with Crippen molar-refractivity contribution in [2.45, 2.75) is 25.8 Å². The lowest BCUT2D eigenvalue weighted by Gasteiger charge is -2.37. The van der Waals surface area contributed by atoms with E-state index in [4.69, 9.17) is 5.11 Å². The van der Waals surface area contributed by atoms with Crippen molar-refractivity contribution in [3.63, 3.8) is 0 Å². The minimum atomic E-state index is -1.12. The number of carbonyl (C=O) groups is 2. The number of hydrogen-bond donors (Lipinski definition) is 2. The summed E-state index contributed by atoms with van der Waals surface area (Å²) >= 11 is 0. The second kappa shape index (κ2) is 3.24. The molecule has 0 aromatic rings. The van der Waals surface area contributed by atoms with Crippen LogP contribution in [0.2, 0.25) is 0 Å². The second-order valence-corrected chi connectivity index (χ2v) is 3.60. The molecule has 2 amide bonds. The smallest absolute Gasteiger partial charge is 0.329 e. The van der Waals surface area contributed by atoms with E-state index in [1.807, 2.05) is 0 Å². The summed E-state index contributed by atoms with van der Waals surface area (Å²) in [5, 5.41) is 11.5. The average molecular weight is 186 g/mol. The van der Waals surface area contributed by atoms with Crippen LogP contribution in [0.5, 0.6) is 0 Å². The molecule has 0 unspecified atom stereocenters. The van der Waals surface area contributed by atoms with Crippen LogP contribution in [0.4, 0.5) is 4.79 Å². The highest BCUT2D eigenvalue weighted by Crippen LogP contribution is 2.17. The van der Waals surface area contributed by atoms with E-state index >= 15 is 0 Å². The van der Waals surface area contributed by atoms with Gasteiger partial charge in [-0.1, -0.05) is 0 Å². The van der Waals surface area contributed by atoms with Crippen molar-refractivity contribution >= 4 is 12.0 Å². The number of nitrogens with zero attached hydrogens (tertiary/aromatic N) is 1. The molecule has 0 bridgehead atoms. The molecule has 0 aliphatic carbocycles. The fourth-order valence-corrected chi connectivity index (χ4v) is 1.28. The summed E-state index contributed by atoms with van der Waals surface area (Å²) in [6, 6.07) is -0.293. The molecule has 0 atom stereocenters. The first-order valence-electron chi connectivity index (χ1n) is 4.25. The zero-order valence-electron chi connectivity index (χ0n) is 7.83. The van der Waals surface area contributed by atoms with Crippen LogP contribution in [-0.2, 0) is 4.79 Å². The number of carboxylic acids is 1. The lowest BCUT2D eigenvalue weighted by atomic mass is 10.0. The number of hydrogen-bond acceptors (Lipinski definition) is 2. The van der Waals surface area contributed by atoms with Crippen molar-refractivity contribution in [1.82, 2.24) is 10.2 Å². The van der Waals surface area contributed by atoms with Crippen molar-refractivity contribution in [1.29, 1.82) is 0 Å². The van der Waals surface area contributed by atoms with E-state index < -0.39 is 11.5 Å². The molecule has 0 radical (unpaired) electrons. The van der Waals surface area contributed by atoms with Crippen LogP contribution in [0.1, 0.15) is 20.3 Å². The molecule has 0 spiro atoms. The third-order valence-corrected chi connectivity index (χ3v) is 2.28. The lowest BCUT2D eigenvalue weighted by molar-refractivity contribution is -0.147. The third kappa shape index (κ3) is 1.74. The van der Waals surface area contributed by atoms with Gasteiger partial charge in [-0.25, -0.2) is 9.59 Å². The summed E-state index contributed by atoms with van der Waals surface area (Å²) in [6.07, 6.45) is 0.794. The quantitative estimate of drug-likeness (QED) is 0.650. The molecule has 13 heavy (non-hydrogen) atoms. The Balaban J connectivity index is 2.79. The minimum absolute atomic E-state index is 0.293. The summed E-state index contributed by atoms with van der Waals surface area (Å²) in [5.74, 6) is -0.982. The van der Waals surface area contributed by atoms with Crippen molar-refractivity contribution < 1.29 is 14.7 Å². The zero-order chi connectivity index (χ0) is 10.1. The standard InChI is InChI=1S/C8H14N2O3/c1-8(2,6(11)12)10-5-3-4-9-7(10)13/h3-5H2,1-2H3,(H,9,13)(H,11,12). The molecular weight excluding hydrogens is 172 g/mol. The van der Waals surface area contributed by atoms with E-state index in [0.29, 0.717) is 13.1 Å². The number of rotatable bonds is 2. The first kappa shape index (κ1) is 9.83. The maximum Gasteiger partial charge on any atom is 0.329 e. The molecule has 2 N–H and O–H groups in total. The van der Waals surface area contributed by atoms with Crippen LogP contribution < -0.4 is 5.32 Å². The molecule has 1 heterocycles. The molecule has 0 aromatic heterocycles. The van der Waals surface area contributed by atoms with Gasteiger partial charge in [0.05, 0.1) is 0 Å². The Labute approximate surface area is 76.7 Å². The van der Waals surface area contributed by atoms with E-state index in [-0.39, 0.29) is 6.03 Å². The highest BCUT2D eigenvalue weighted by atomic mass is 16.4. The van der Waals surface area contributed by atoms with Crippen LogP contribution in [-0.4, -0.2) is 40.6 Å². The fourth-order valence-electron chi connectivity index (χ4n) is 1.28. The number of carbonyl (C=O) groups excluding carboxylic acids is 1.